The van der Waals surface area contributed by atoms with Crippen molar-refractivity contribution in [1.82, 2.24) is 10.3 Å². The van der Waals surface area contributed by atoms with Crippen LogP contribution in [0.25, 0.3) is 10.6 Å². The predicted octanol–water partition coefficient (Wildman–Crippen LogP) is 4.27. The van der Waals surface area contributed by atoms with Gasteiger partial charge in [0.25, 0.3) is 5.69 Å². The van der Waals surface area contributed by atoms with Crippen LogP contribution in [0.1, 0.15) is 24.6 Å². The molecule has 0 atom stereocenters. The van der Waals surface area contributed by atoms with E-state index in [4.69, 9.17) is 0 Å². The summed E-state index contributed by atoms with van der Waals surface area (Å²) in [5, 5.41) is 19.4. The Morgan fingerprint density at radius 2 is 1.97 bits per heavy atom. The van der Waals surface area contributed by atoms with Crippen LogP contribution in [0.4, 0.5) is 16.5 Å². The minimum Gasteiger partial charge on any atom is -0.366 e. The minimum absolute atomic E-state index is 0.0727. The van der Waals surface area contributed by atoms with Crippen LogP contribution < -0.4 is 15.5 Å². The second-order valence-electron chi connectivity index (χ2n) is 7.71. The SMILES string of the molecule is CC(=O)NCc1ccc(-c2csc(NC(=O)C3CCN(c4ccccc4[N+](=O)[O-])CC3)n2)s1. The van der Waals surface area contributed by atoms with Gasteiger partial charge in [-0.1, -0.05) is 12.1 Å². The average Bonchev–Trinajstić information content (AvgIpc) is 3.47. The Labute approximate surface area is 198 Å². The highest BCUT2D eigenvalue weighted by molar-refractivity contribution is 7.17. The van der Waals surface area contributed by atoms with Crippen molar-refractivity contribution in [2.45, 2.75) is 26.3 Å². The number of piperidine rings is 1. The van der Waals surface area contributed by atoms with Gasteiger partial charge in [0.15, 0.2) is 5.13 Å². The summed E-state index contributed by atoms with van der Waals surface area (Å²) < 4.78 is 0. The molecule has 11 heteroatoms. The van der Waals surface area contributed by atoms with Crippen LogP contribution in [0.5, 0.6) is 0 Å². The lowest BCUT2D eigenvalue weighted by molar-refractivity contribution is -0.384. The third-order valence-electron chi connectivity index (χ3n) is 5.44. The lowest BCUT2D eigenvalue weighted by atomic mass is 9.95. The van der Waals surface area contributed by atoms with Gasteiger partial charge in [0.2, 0.25) is 11.8 Å². The Morgan fingerprint density at radius 3 is 2.70 bits per heavy atom. The van der Waals surface area contributed by atoms with Gasteiger partial charge < -0.3 is 15.5 Å². The molecule has 0 spiro atoms. The summed E-state index contributed by atoms with van der Waals surface area (Å²) in [4.78, 5) is 43.3. The molecule has 1 fully saturated rings. The molecule has 0 saturated carbocycles. The Bertz CT molecular complexity index is 1170. The van der Waals surface area contributed by atoms with Crippen molar-refractivity contribution in [3.63, 3.8) is 0 Å². The van der Waals surface area contributed by atoms with Gasteiger partial charge in [0.1, 0.15) is 5.69 Å². The molecule has 33 heavy (non-hydrogen) atoms. The molecule has 1 aromatic carbocycles. The second-order valence-corrected chi connectivity index (χ2v) is 9.74. The maximum atomic E-state index is 12.8. The predicted molar refractivity (Wildman–Crippen MR) is 130 cm³/mol. The van der Waals surface area contributed by atoms with E-state index >= 15 is 0 Å². The number of thiazole rings is 1. The number of para-hydroxylation sites is 2. The number of nitro benzene ring substituents is 1. The maximum absolute atomic E-state index is 12.8. The van der Waals surface area contributed by atoms with Crippen molar-refractivity contribution in [2.75, 3.05) is 23.3 Å². The van der Waals surface area contributed by atoms with E-state index in [9.17, 15) is 19.7 Å². The molecule has 0 bridgehead atoms. The normalized spacial score (nSPS) is 14.2. The van der Waals surface area contributed by atoms with Crippen molar-refractivity contribution in [3.05, 3.63) is 56.8 Å². The molecule has 3 heterocycles. The van der Waals surface area contributed by atoms with Gasteiger partial charge >= 0.3 is 0 Å². The van der Waals surface area contributed by atoms with E-state index in [2.05, 4.69) is 15.6 Å². The number of aromatic nitrogens is 1. The number of amides is 2. The summed E-state index contributed by atoms with van der Waals surface area (Å²) in [6.07, 6.45) is 1.24. The van der Waals surface area contributed by atoms with E-state index in [1.807, 2.05) is 22.4 Å². The van der Waals surface area contributed by atoms with Crippen molar-refractivity contribution < 1.29 is 14.5 Å². The monoisotopic (exact) mass is 485 g/mol. The molecule has 2 amide bonds. The van der Waals surface area contributed by atoms with Gasteiger partial charge in [-0.05, 0) is 31.0 Å². The number of hydrogen-bond acceptors (Lipinski definition) is 8. The van der Waals surface area contributed by atoms with Crippen LogP contribution in [0, 0.1) is 16.0 Å². The van der Waals surface area contributed by atoms with Crippen LogP contribution in [-0.2, 0) is 16.1 Å². The zero-order valence-corrected chi connectivity index (χ0v) is 19.6. The fraction of sp³-hybridized carbons (Fsp3) is 0.318. The summed E-state index contributed by atoms with van der Waals surface area (Å²) in [5.41, 5.74) is 1.48. The first-order valence-electron chi connectivity index (χ1n) is 10.5. The van der Waals surface area contributed by atoms with Crippen LogP contribution in [-0.4, -0.2) is 34.8 Å². The summed E-state index contributed by atoms with van der Waals surface area (Å²) in [7, 11) is 0. The minimum atomic E-state index is -0.370. The van der Waals surface area contributed by atoms with Crippen LogP contribution in [0.3, 0.4) is 0 Å². The topological polar surface area (TPSA) is 117 Å². The molecule has 2 N–H and O–H groups in total. The van der Waals surface area contributed by atoms with Gasteiger partial charge in [-0.3, -0.25) is 19.7 Å². The van der Waals surface area contributed by atoms with Crippen molar-refractivity contribution in [2.24, 2.45) is 5.92 Å². The number of anilines is 2. The van der Waals surface area contributed by atoms with Crippen molar-refractivity contribution in [3.8, 4) is 10.6 Å². The third kappa shape index (κ3) is 5.55. The molecule has 172 valence electrons. The first-order valence-corrected chi connectivity index (χ1v) is 12.2. The third-order valence-corrected chi connectivity index (χ3v) is 7.31. The highest BCUT2D eigenvalue weighted by Gasteiger charge is 2.28. The Kier molecular flexibility index (Phi) is 6.99. The smallest absolute Gasteiger partial charge is 0.292 e. The molecule has 0 unspecified atom stereocenters. The molecule has 2 aromatic heterocycles. The number of nitrogens with one attached hydrogen (secondary N) is 2. The molecule has 1 aliphatic heterocycles. The lowest BCUT2D eigenvalue weighted by Crippen LogP contribution is -2.38. The molecule has 1 saturated heterocycles. The van der Waals surface area contributed by atoms with E-state index < -0.39 is 0 Å². The molecule has 9 nitrogen and oxygen atoms in total. The van der Waals surface area contributed by atoms with E-state index in [0.29, 0.717) is 43.3 Å². The van der Waals surface area contributed by atoms with E-state index in [-0.39, 0.29) is 28.3 Å². The first kappa shape index (κ1) is 22.9. The Balaban J connectivity index is 1.33. The summed E-state index contributed by atoms with van der Waals surface area (Å²) >= 11 is 2.93. The van der Waals surface area contributed by atoms with E-state index in [0.717, 1.165) is 15.4 Å². The number of benzene rings is 1. The van der Waals surface area contributed by atoms with Crippen LogP contribution in [0.2, 0.25) is 0 Å². The Hall–Kier alpha value is -3.31. The molecule has 1 aliphatic rings. The summed E-state index contributed by atoms with van der Waals surface area (Å²) in [5.74, 6) is -0.311. The van der Waals surface area contributed by atoms with E-state index in [1.165, 1.54) is 24.3 Å². The number of carbonyl (C=O) groups excluding carboxylic acids is 2. The number of carbonyl (C=O) groups is 2. The molecule has 0 aliphatic carbocycles. The molecular formula is C22H23N5O4S2. The number of rotatable bonds is 7. The highest BCUT2D eigenvalue weighted by atomic mass is 32.1. The van der Waals surface area contributed by atoms with Gasteiger partial charge in [-0.15, -0.1) is 22.7 Å². The van der Waals surface area contributed by atoms with Gasteiger partial charge in [0.05, 0.1) is 22.0 Å². The summed E-state index contributed by atoms with van der Waals surface area (Å²) in [6, 6.07) is 10.6. The number of nitrogens with zero attached hydrogens (tertiary/aromatic N) is 3. The largest absolute Gasteiger partial charge is 0.366 e. The number of hydrogen-bond donors (Lipinski definition) is 2. The fourth-order valence-electron chi connectivity index (χ4n) is 3.74. The van der Waals surface area contributed by atoms with Gasteiger partial charge in [0, 0.05) is 42.3 Å². The summed E-state index contributed by atoms with van der Waals surface area (Å²) in [6.45, 7) is 3.13. The van der Waals surface area contributed by atoms with Crippen molar-refractivity contribution >= 4 is 51.0 Å². The lowest BCUT2D eigenvalue weighted by Gasteiger charge is -2.32. The highest BCUT2D eigenvalue weighted by Crippen LogP contribution is 2.33. The Morgan fingerprint density at radius 1 is 1.21 bits per heavy atom. The zero-order valence-electron chi connectivity index (χ0n) is 17.9. The molecular weight excluding hydrogens is 462 g/mol. The fourth-order valence-corrected chi connectivity index (χ4v) is 5.44. The maximum Gasteiger partial charge on any atom is 0.292 e. The first-order chi connectivity index (χ1) is 15.9. The van der Waals surface area contributed by atoms with Crippen molar-refractivity contribution in [1.29, 1.82) is 0 Å². The number of thiophene rings is 1. The average molecular weight is 486 g/mol. The standard InChI is InChI=1S/C22H23N5O4S2/c1-14(28)23-12-16-6-7-20(33-16)17-13-32-22(24-17)25-21(29)15-8-10-26(11-9-15)18-4-2-3-5-19(18)27(30)31/h2-7,13,15H,8-12H2,1H3,(H,23,28)(H,24,25,29). The molecule has 0 radical (unpaired) electrons. The zero-order chi connectivity index (χ0) is 23.4. The van der Waals surface area contributed by atoms with Gasteiger partial charge in [-0.25, -0.2) is 4.98 Å². The number of nitro groups is 1. The van der Waals surface area contributed by atoms with Gasteiger partial charge in [-0.2, -0.15) is 0 Å². The van der Waals surface area contributed by atoms with Crippen LogP contribution in [0.15, 0.2) is 41.8 Å². The van der Waals surface area contributed by atoms with Crippen LogP contribution >= 0.6 is 22.7 Å². The second kappa shape index (κ2) is 10.1. The molecule has 3 aromatic rings. The van der Waals surface area contributed by atoms with E-state index in [1.54, 1.807) is 29.5 Å². The molecule has 4 rings (SSSR count). The quantitative estimate of drug-likeness (QED) is 0.381.